The van der Waals surface area contributed by atoms with E-state index in [2.05, 4.69) is 5.32 Å². The quantitative estimate of drug-likeness (QED) is 0.358. The van der Waals surface area contributed by atoms with Gasteiger partial charge in [0.15, 0.2) is 18.5 Å². The molecule has 0 fully saturated rings. The van der Waals surface area contributed by atoms with E-state index in [1.807, 2.05) is 14.1 Å². The van der Waals surface area contributed by atoms with Crippen molar-refractivity contribution in [3.8, 4) is 0 Å². The van der Waals surface area contributed by atoms with Crippen LogP contribution >= 0.6 is 0 Å². The molecule has 2 N–H and O–H groups in total. The molecule has 0 saturated heterocycles. The van der Waals surface area contributed by atoms with Crippen molar-refractivity contribution in [3.05, 3.63) is 0 Å². The Kier molecular flexibility index (Phi) is 14.1. The molecule has 0 heterocycles. The van der Waals surface area contributed by atoms with Gasteiger partial charge in [0.05, 0.1) is 6.67 Å². The van der Waals surface area contributed by atoms with Crippen molar-refractivity contribution in [2.24, 2.45) is 0 Å². The van der Waals surface area contributed by atoms with Gasteiger partial charge < -0.3 is 5.32 Å². The van der Waals surface area contributed by atoms with E-state index in [4.69, 9.17) is 4.55 Å². The first kappa shape index (κ1) is 23.8. The minimum Gasteiger partial charge on any atom is -0.323 e. The van der Waals surface area contributed by atoms with Crippen LogP contribution in [-0.2, 0) is 10.1 Å². The molecule has 4 unspecified atom stereocenters. The first-order valence-electron chi connectivity index (χ1n) is 6.76. The Balaban J connectivity index is 0. The fraction of sp³-hybridized carbons (Fsp3) is 1.00. The predicted octanol–water partition coefficient (Wildman–Crippen LogP) is 2.59. The van der Waals surface area contributed by atoms with Gasteiger partial charge in [-0.1, -0.05) is 12.8 Å². The summed E-state index contributed by atoms with van der Waals surface area (Å²) in [5, 5.41) is 2.75. The van der Waals surface area contributed by atoms with E-state index in [-0.39, 0.29) is 12.8 Å². The van der Waals surface area contributed by atoms with Crippen LogP contribution in [0.1, 0.15) is 25.7 Å². The average Bonchev–Trinajstić information content (AvgIpc) is 2.40. The van der Waals surface area contributed by atoms with Crippen molar-refractivity contribution < 1.29 is 34.9 Å². The molecule has 0 aromatic carbocycles. The minimum absolute atomic E-state index is 0.119. The Labute approximate surface area is 128 Å². The summed E-state index contributed by atoms with van der Waals surface area (Å²) in [7, 11) is -1.05. The fourth-order valence-electron chi connectivity index (χ4n) is 1.46. The highest BCUT2D eigenvalue weighted by atomic mass is 32.2. The molecule has 0 amide bonds. The van der Waals surface area contributed by atoms with Crippen molar-refractivity contribution in [2.75, 3.05) is 26.5 Å². The van der Waals surface area contributed by atoms with Gasteiger partial charge in [-0.05, 0) is 26.9 Å². The van der Waals surface area contributed by atoms with Gasteiger partial charge in [-0.15, -0.1) is 0 Å². The van der Waals surface area contributed by atoms with Crippen LogP contribution in [0.25, 0.3) is 0 Å². The van der Waals surface area contributed by atoms with Gasteiger partial charge in [-0.3, -0.25) is 8.94 Å². The molecule has 0 aromatic heterocycles. The third-order valence-corrected chi connectivity index (χ3v) is 3.22. The topological polar surface area (TPSA) is 66.4 Å². The molecule has 0 aliphatic heterocycles. The van der Waals surface area contributed by atoms with Crippen LogP contribution in [0.15, 0.2) is 0 Å². The molecule has 136 valence electrons. The van der Waals surface area contributed by atoms with Crippen LogP contribution in [-0.4, -0.2) is 64.2 Å². The lowest BCUT2D eigenvalue weighted by Crippen LogP contribution is -2.38. The molecule has 22 heavy (non-hydrogen) atoms. The van der Waals surface area contributed by atoms with Gasteiger partial charge in [0.1, 0.15) is 11.9 Å². The number of rotatable bonds is 10. The lowest BCUT2D eigenvalue weighted by molar-refractivity contribution is 0.0354. The largest absolute Gasteiger partial charge is 0.323 e. The number of unbranched alkanes of at least 4 members (excludes halogenated alkanes) is 2. The summed E-state index contributed by atoms with van der Waals surface area (Å²) < 4.78 is 93.0. The first-order valence-corrected chi connectivity index (χ1v) is 8.37. The van der Waals surface area contributed by atoms with Gasteiger partial charge >= 0.3 is 0 Å². The standard InChI is InChI=1S/C10H17F5O3S.C2H7N/c11-5-3-1-2-4-7(12)9(14)10(15)8(13)6-19(16,17)18;1-3-2/h7-10H,1-6H2,(H,16,17,18);3H,1-2H3. The number of hydrogen-bond acceptors (Lipinski definition) is 3. The predicted molar refractivity (Wildman–Crippen MR) is 75.4 cm³/mol. The molecule has 0 bridgehead atoms. The van der Waals surface area contributed by atoms with Crippen LogP contribution in [0.4, 0.5) is 22.0 Å². The van der Waals surface area contributed by atoms with Gasteiger partial charge in [0.25, 0.3) is 10.1 Å². The van der Waals surface area contributed by atoms with Crippen LogP contribution in [0.5, 0.6) is 0 Å². The zero-order chi connectivity index (χ0) is 17.8. The van der Waals surface area contributed by atoms with E-state index in [1.165, 1.54) is 0 Å². The molecule has 0 aliphatic carbocycles. The maximum absolute atomic E-state index is 13.2. The van der Waals surface area contributed by atoms with Crippen molar-refractivity contribution in [1.29, 1.82) is 0 Å². The van der Waals surface area contributed by atoms with E-state index in [0.29, 0.717) is 6.42 Å². The van der Waals surface area contributed by atoms with Gasteiger partial charge in [-0.2, -0.15) is 8.42 Å². The normalized spacial score (nSPS) is 17.1. The molecule has 10 heteroatoms. The van der Waals surface area contributed by atoms with E-state index in [9.17, 15) is 30.4 Å². The molecule has 4 nitrogen and oxygen atoms in total. The summed E-state index contributed by atoms with van der Waals surface area (Å²) in [6.45, 7) is -0.595. The smallest absolute Gasteiger partial charge is 0.267 e. The average molecular weight is 357 g/mol. The second kappa shape index (κ2) is 13.0. The van der Waals surface area contributed by atoms with Crippen LogP contribution in [0, 0.1) is 0 Å². The number of alkyl halides is 5. The maximum atomic E-state index is 13.2. The highest BCUT2D eigenvalue weighted by Crippen LogP contribution is 2.22. The third kappa shape index (κ3) is 13.2. The summed E-state index contributed by atoms with van der Waals surface area (Å²) in [5.41, 5.74) is 0. The summed E-state index contributed by atoms with van der Waals surface area (Å²) in [6, 6.07) is 0. The second-order valence-electron chi connectivity index (χ2n) is 4.71. The first-order chi connectivity index (χ1) is 10.1. The van der Waals surface area contributed by atoms with Crippen molar-refractivity contribution >= 4 is 10.1 Å². The lowest BCUT2D eigenvalue weighted by atomic mass is 10.0. The monoisotopic (exact) mass is 357 g/mol. The Morgan fingerprint density at radius 3 is 1.82 bits per heavy atom. The van der Waals surface area contributed by atoms with Crippen LogP contribution < -0.4 is 5.32 Å². The fourth-order valence-corrected chi connectivity index (χ4v) is 2.05. The van der Waals surface area contributed by atoms with Gasteiger partial charge in [0.2, 0.25) is 0 Å². The summed E-state index contributed by atoms with van der Waals surface area (Å²) in [4.78, 5) is 0. The molecule has 0 aliphatic rings. The second-order valence-corrected chi connectivity index (χ2v) is 6.20. The molecular weight excluding hydrogens is 333 g/mol. The van der Waals surface area contributed by atoms with E-state index in [1.54, 1.807) is 0 Å². The Hall–Kier alpha value is -0.480. The summed E-state index contributed by atoms with van der Waals surface area (Å²) >= 11 is 0. The SMILES string of the molecule is CNC.O=S(=O)(O)CC(F)C(F)C(F)C(F)CCCCCF. The van der Waals surface area contributed by atoms with Crippen LogP contribution in [0.2, 0.25) is 0 Å². The van der Waals surface area contributed by atoms with Crippen molar-refractivity contribution in [3.63, 3.8) is 0 Å². The molecule has 0 radical (unpaired) electrons. The number of nitrogens with one attached hydrogen (secondary N) is 1. The van der Waals surface area contributed by atoms with E-state index < -0.39 is 53.7 Å². The van der Waals surface area contributed by atoms with E-state index >= 15 is 0 Å². The third-order valence-electron chi connectivity index (χ3n) is 2.48. The van der Waals surface area contributed by atoms with Gasteiger partial charge in [-0.25, -0.2) is 17.6 Å². The van der Waals surface area contributed by atoms with Crippen LogP contribution in [0.3, 0.4) is 0 Å². The molecule has 0 rings (SSSR count). The highest BCUT2D eigenvalue weighted by Gasteiger charge is 2.37. The molecular formula is C12H24F5NO3S. The van der Waals surface area contributed by atoms with Crippen molar-refractivity contribution in [1.82, 2.24) is 5.32 Å². The summed E-state index contributed by atoms with van der Waals surface area (Å²) in [5.74, 6) is -1.62. The lowest BCUT2D eigenvalue weighted by Gasteiger charge is -2.19. The molecule has 4 atom stereocenters. The Morgan fingerprint density at radius 1 is 0.955 bits per heavy atom. The molecule has 0 saturated carbocycles. The number of halogens is 5. The van der Waals surface area contributed by atoms with Crippen molar-refractivity contribution in [2.45, 2.75) is 50.4 Å². The zero-order valence-corrected chi connectivity index (χ0v) is 13.4. The molecule has 0 spiro atoms. The molecule has 0 aromatic rings. The maximum Gasteiger partial charge on any atom is 0.267 e. The van der Waals surface area contributed by atoms with Gasteiger partial charge in [0, 0.05) is 0 Å². The minimum atomic E-state index is -4.80. The summed E-state index contributed by atoms with van der Waals surface area (Å²) in [6.07, 6.45) is -10.7. The van der Waals surface area contributed by atoms with E-state index in [0.717, 1.165) is 0 Å². The Morgan fingerprint density at radius 2 is 1.41 bits per heavy atom. The zero-order valence-electron chi connectivity index (χ0n) is 12.6. The number of hydrogen-bond donors (Lipinski definition) is 2. The highest BCUT2D eigenvalue weighted by molar-refractivity contribution is 7.85. The Bertz CT molecular complexity index is 359.